The smallest absolute Gasteiger partial charge is 0.274 e. The van der Waals surface area contributed by atoms with Crippen LogP contribution in [0.3, 0.4) is 0 Å². The van der Waals surface area contributed by atoms with Gasteiger partial charge in [0, 0.05) is 19.1 Å². The third-order valence-electron chi connectivity index (χ3n) is 3.85. The molecule has 19 heavy (non-hydrogen) atoms. The molecule has 1 amide bonds. The fourth-order valence-corrected chi connectivity index (χ4v) is 2.50. The first-order valence-electron chi connectivity index (χ1n) is 7.00. The summed E-state index contributed by atoms with van der Waals surface area (Å²) >= 11 is 0. The van der Waals surface area contributed by atoms with E-state index in [0.29, 0.717) is 17.4 Å². The van der Waals surface area contributed by atoms with Gasteiger partial charge in [-0.05, 0) is 32.6 Å². The molecule has 2 heterocycles. The molecule has 5 nitrogen and oxygen atoms in total. The molecule has 0 aliphatic carbocycles. The number of anilines is 1. The lowest BCUT2D eigenvalue weighted by molar-refractivity contribution is 0.0544. The van der Waals surface area contributed by atoms with E-state index in [-0.39, 0.29) is 11.9 Å². The lowest BCUT2D eigenvalue weighted by atomic mass is 9.92. The Morgan fingerprint density at radius 3 is 3.00 bits per heavy atom. The van der Waals surface area contributed by atoms with Crippen molar-refractivity contribution in [1.82, 2.24) is 14.9 Å². The molecule has 1 aromatic rings. The van der Waals surface area contributed by atoms with Crippen molar-refractivity contribution in [3.8, 4) is 0 Å². The normalized spacial score (nSPS) is 23.2. The number of piperidine rings is 1. The maximum absolute atomic E-state index is 12.5. The van der Waals surface area contributed by atoms with Crippen molar-refractivity contribution in [3.05, 3.63) is 18.1 Å². The van der Waals surface area contributed by atoms with E-state index in [2.05, 4.69) is 29.1 Å². The number of likely N-dealkylation sites (tertiary alicyclic amines) is 1. The average Bonchev–Trinajstić information content (AvgIpc) is 2.42. The second-order valence-corrected chi connectivity index (χ2v) is 5.18. The van der Waals surface area contributed by atoms with Crippen molar-refractivity contribution in [2.24, 2.45) is 5.92 Å². The van der Waals surface area contributed by atoms with Gasteiger partial charge in [0.05, 0.1) is 12.4 Å². The Morgan fingerprint density at radius 1 is 1.47 bits per heavy atom. The lowest BCUT2D eigenvalue weighted by Crippen LogP contribution is -2.46. The van der Waals surface area contributed by atoms with E-state index in [1.54, 1.807) is 12.4 Å². The highest BCUT2D eigenvalue weighted by Gasteiger charge is 2.29. The molecular weight excluding hydrogens is 240 g/mol. The minimum Gasteiger partial charge on any atom is -0.369 e. The van der Waals surface area contributed by atoms with Crippen molar-refractivity contribution in [3.63, 3.8) is 0 Å². The third-order valence-corrected chi connectivity index (χ3v) is 3.85. The van der Waals surface area contributed by atoms with E-state index < -0.39 is 0 Å². The monoisotopic (exact) mass is 262 g/mol. The fourth-order valence-electron chi connectivity index (χ4n) is 2.50. The molecule has 0 spiro atoms. The summed E-state index contributed by atoms with van der Waals surface area (Å²) in [6.07, 6.45) is 5.45. The number of rotatable bonds is 3. The Hall–Kier alpha value is -1.65. The number of nitrogens with zero attached hydrogens (tertiary/aromatic N) is 3. The Morgan fingerprint density at radius 2 is 2.26 bits per heavy atom. The Balaban J connectivity index is 2.16. The van der Waals surface area contributed by atoms with Gasteiger partial charge >= 0.3 is 0 Å². The average molecular weight is 262 g/mol. The van der Waals surface area contributed by atoms with E-state index >= 15 is 0 Å². The molecule has 104 valence electrons. The second kappa shape index (κ2) is 5.99. The molecule has 2 atom stereocenters. The number of nitrogens with one attached hydrogen (secondary N) is 1. The molecule has 0 radical (unpaired) electrons. The summed E-state index contributed by atoms with van der Waals surface area (Å²) in [6, 6.07) is 0.269. The number of hydrogen-bond donors (Lipinski definition) is 1. The number of carbonyl (C=O) groups is 1. The van der Waals surface area contributed by atoms with Gasteiger partial charge in [-0.2, -0.15) is 0 Å². The minimum absolute atomic E-state index is 0.00805. The van der Waals surface area contributed by atoms with Crippen LogP contribution in [0.1, 0.15) is 44.1 Å². The van der Waals surface area contributed by atoms with Crippen molar-refractivity contribution in [2.75, 3.05) is 18.4 Å². The molecule has 5 heteroatoms. The van der Waals surface area contributed by atoms with Crippen LogP contribution in [-0.4, -0.2) is 39.9 Å². The van der Waals surface area contributed by atoms with Crippen LogP contribution >= 0.6 is 0 Å². The van der Waals surface area contributed by atoms with Crippen molar-refractivity contribution < 1.29 is 4.79 Å². The third kappa shape index (κ3) is 3.03. The van der Waals surface area contributed by atoms with Gasteiger partial charge in [-0.1, -0.05) is 6.92 Å². The zero-order valence-electron chi connectivity index (χ0n) is 11.9. The van der Waals surface area contributed by atoms with Gasteiger partial charge in [0.25, 0.3) is 5.91 Å². The summed E-state index contributed by atoms with van der Waals surface area (Å²) in [4.78, 5) is 22.9. The minimum atomic E-state index is -0.00805. The molecule has 2 rings (SSSR count). The molecule has 1 aliphatic heterocycles. The largest absolute Gasteiger partial charge is 0.369 e. The maximum atomic E-state index is 12.5. The Kier molecular flexibility index (Phi) is 4.35. The molecule has 0 saturated carbocycles. The van der Waals surface area contributed by atoms with Crippen LogP contribution in [0, 0.1) is 5.92 Å². The topological polar surface area (TPSA) is 58.1 Å². The summed E-state index contributed by atoms with van der Waals surface area (Å²) in [5.74, 6) is 1.19. The first kappa shape index (κ1) is 13.8. The summed E-state index contributed by atoms with van der Waals surface area (Å²) in [5.41, 5.74) is 0.430. The highest BCUT2D eigenvalue weighted by molar-refractivity contribution is 5.92. The molecule has 0 bridgehead atoms. The van der Waals surface area contributed by atoms with Crippen LogP contribution in [0.2, 0.25) is 0 Å². The van der Waals surface area contributed by atoms with Gasteiger partial charge in [0.1, 0.15) is 11.5 Å². The molecule has 2 unspecified atom stereocenters. The predicted molar refractivity (Wildman–Crippen MR) is 75.1 cm³/mol. The summed E-state index contributed by atoms with van der Waals surface area (Å²) < 4.78 is 0. The number of amides is 1. The van der Waals surface area contributed by atoms with Gasteiger partial charge in [-0.15, -0.1) is 0 Å². The molecule has 1 saturated heterocycles. The van der Waals surface area contributed by atoms with Gasteiger partial charge < -0.3 is 10.2 Å². The first-order chi connectivity index (χ1) is 9.13. The molecular formula is C14H22N4O. The number of hydrogen-bond acceptors (Lipinski definition) is 4. The van der Waals surface area contributed by atoms with Crippen molar-refractivity contribution in [2.45, 2.75) is 39.7 Å². The maximum Gasteiger partial charge on any atom is 0.274 e. The number of carbonyl (C=O) groups excluding carboxylic acids is 1. The Labute approximate surface area is 114 Å². The van der Waals surface area contributed by atoms with Crippen LogP contribution in [0.15, 0.2) is 12.4 Å². The molecule has 1 N–H and O–H groups in total. The van der Waals surface area contributed by atoms with Gasteiger partial charge in [-0.3, -0.25) is 9.78 Å². The highest BCUT2D eigenvalue weighted by Crippen LogP contribution is 2.24. The van der Waals surface area contributed by atoms with E-state index in [0.717, 1.165) is 19.5 Å². The second-order valence-electron chi connectivity index (χ2n) is 5.18. The summed E-state index contributed by atoms with van der Waals surface area (Å²) in [5, 5.41) is 3.08. The zero-order chi connectivity index (χ0) is 13.8. The van der Waals surface area contributed by atoms with Crippen LogP contribution in [0.4, 0.5) is 5.82 Å². The highest BCUT2D eigenvalue weighted by atomic mass is 16.2. The van der Waals surface area contributed by atoms with Crippen molar-refractivity contribution in [1.29, 1.82) is 0 Å². The lowest BCUT2D eigenvalue weighted by Gasteiger charge is -2.37. The summed E-state index contributed by atoms with van der Waals surface area (Å²) in [6.45, 7) is 7.89. The van der Waals surface area contributed by atoms with Crippen LogP contribution in [-0.2, 0) is 0 Å². The number of aromatic nitrogens is 2. The van der Waals surface area contributed by atoms with Crippen molar-refractivity contribution >= 4 is 11.7 Å². The zero-order valence-corrected chi connectivity index (χ0v) is 11.9. The standard InChI is InChI=1S/C14H22N4O/c1-4-16-13-9-15-8-12(17-13)14(19)18-7-5-6-10(2)11(18)3/h8-11H,4-7H2,1-3H3,(H,16,17). The van der Waals surface area contributed by atoms with E-state index in [9.17, 15) is 4.79 Å². The molecule has 0 aromatic carbocycles. The Bertz CT molecular complexity index is 449. The molecule has 1 fully saturated rings. The van der Waals surface area contributed by atoms with Crippen LogP contribution in [0.5, 0.6) is 0 Å². The molecule has 1 aromatic heterocycles. The first-order valence-corrected chi connectivity index (χ1v) is 7.00. The SMILES string of the molecule is CCNc1cncc(C(=O)N2CCCC(C)C2C)n1. The predicted octanol–water partition coefficient (Wildman–Crippen LogP) is 2.17. The quantitative estimate of drug-likeness (QED) is 0.907. The van der Waals surface area contributed by atoms with Gasteiger partial charge in [0.15, 0.2) is 0 Å². The van der Waals surface area contributed by atoms with Gasteiger partial charge in [0.2, 0.25) is 0 Å². The molecule has 1 aliphatic rings. The van der Waals surface area contributed by atoms with Gasteiger partial charge in [-0.25, -0.2) is 4.98 Å². The van der Waals surface area contributed by atoms with Crippen LogP contribution < -0.4 is 5.32 Å². The fraction of sp³-hybridized carbons (Fsp3) is 0.643. The van der Waals surface area contributed by atoms with Crippen LogP contribution in [0.25, 0.3) is 0 Å². The van der Waals surface area contributed by atoms with E-state index in [1.807, 2.05) is 11.8 Å². The summed E-state index contributed by atoms with van der Waals surface area (Å²) in [7, 11) is 0. The van der Waals surface area contributed by atoms with E-state index in [1.165, 1.54) is 6.42 Å². The van der Waals surface area contributed by atoms with E-state index in [4.69, 9.17) is 0 Å².